The molecule has 0 aliphatic carbocycles. The minimum atomic E-state index is -0.233. The van der Waals surface area contributed by atoms with Crippen LogP contribution in [0.25, 0.3) is 11.4 Å². The average molecular weight is 381 g/mol. The molecule has 0 radical (unpaired) electrons. The molecule has 0 bridgehead atoms. The van der Waals surface area contributed by atoms with Gasteiger partial charge in [-0.05, 0) is 30.3 Å². The molecular weight excluding hydrogens is 362 g/mol. The van der Waals surface area contributed by atoms with Gasteiger partial charge in [0.2, 0.25) is 23.5 Å². The summed E-state index contributed by atoms with van der Waals surface area (Å²) in [5, 5.41) is 9.34. The molecule has 2 N–H and O–H groups in total. The number of carbonyl (C=O) groups excluding carboxylic acids is 2. The highest BCUT2D eigenvalue weighted by atomic mass is 16.5. The van der Waals surface area contributed by atoms with Crippen LogP contribution in [0.15, 0.2) is 47.2 Å². The van der Waals surface area contributed by atoms with Gasteiger partial charge in [-0.15, -0.1) is 0 Å². The van der Waals surface area contributed by atoms with Gasteiger partial charge in [-0.2, -0.15) is 4.98 Å². The van der Waals surface area contributed by atoms with Crippen molar-refractivity contribution in [2.75, 3.05) is 17.7 Å². The zero-order chi connectivity index (χ0) is 19.9. The molecule has 0 aliphatic heterocycles. The Bertz CT molecular complexity index is 971. The first kappa shape index (κ1) is 19.0. The summed E-state index contributed by atoms with van der Waals surface area (Å²) >= 11 is 0. The molecule has 2 aromatic heterocycles. The Morgan fingerprint density at radius 1 is 1.14 bits per heavy atom. The maximum absolute atomic E-state index is 12.2. The fourth-order valence-corrected chi connectivity index (χ4v) is 2.49. The number of methoxy groups -OCH3 is 1. The van der Waals surface area contributed by atoms with Crippen molar-refractivity contribution >= 4 is 23.2 Å². The average Bonchev–Trinajstić information content (AvgIpc) is 3.16. The van der Waals surface area contributed by atoms with Crippen molar-refractivity contribution in [3.8, 4) is 17.1 Å². The minimum absolute atomic E-state index is 0.166. The number of aromatic nitrogens is 3. The van der Waals surface area contributed by atoms with Gasteiger partial charge in [-0.25, -0.2) is 0 Å². The van der Waals surface area contributed by atoms with E-state index >= 15 is 0 Å². The zero-order valence-electron chi connectivity index (χ0n) is 15.4. The lowest BCUT2D eigenvalue weighted by molar-refractivity contribution is -0.116. The number of aryl methyl sites for hydroxylation is 1. The smallest absolute Gasteiger partial charge is 0.227 e. The Labute approximate surface area is 161 Å². The number of pyridine rings is 1. The molecule has 28 heavy (non-hydrogen) atoms. The molecule has 3 aromatic rings. The summed E-state index contributed by atoms with van der Waals surface area (Å²) < 4.78 is 10.4. The van der Waals surface area contributed by atoms with Gasteiger partial charge >= 0.3 is 0 Å². The predicted octanol–water partition coefficient (Wildman–Crippen LogP) is 2.67. The maximum Gasteiger partial charge on any atom is 0.227 e. The largest absolute Gasteiger partial charge is 0.495 e. The van der Waals surface area contributed by atoms with E-state index in [0.717, 1.165) is 5.56 Å². The SMILES string of the molecule is COc1ccc(NC(=O)CCc2nc(-c3ccncc3)no2)cc1NC(C)=O. The first-order valence-electron chi connectivity index (χ1n) is 8.53. The molecule has 0 atom stereocenters. The quantitative estimate of drug-likeness (QED) is 0.646. The molecule has 9 nitrogen and oxygen atoms in total. The van der Waals surface area contributed by atoms with Crippen molar-refractivity contribution in [1.29, 1.82) is 0 Å². The van der Waals surface area contributed by atoms with E-state index in [-0.39, 0.29) is 18.2 Å². The van der Waals surface area contributed by atoms with Crippen molar-refractivity contribution in [3.05, 3.63) is 48.6 Å². The highest BCUT2D eigenvalue weighted by molar-refractivity contribution is 5.94. The van der Waals surface area contributed by atoms with Crippen LogP contribution >= 0.6 is 0 Å². The van der Waals surface area contributed by atoms with Crippen molar-refractivity contribution in [1.82, 2.24) is 15.1 Å². The third-order valence-corrected chi connectivity index (χ3v) is 3.77. The molecule has 9 heteroatoms. The molecular formula is C19H19N5O4. The van der Waals surface area contributed by atoms with Gasteiger partial charge in [0.1, 0.15) is 5.75 Å². The topological polar surface area (TPSA) is 119 Å². The number of hydrogen-bond donors (Lipinski definition) is 2. The third kappa shape index (κ3) is 4.91. The molecule has 2 heterocycles. The van der Waals surface area contributed by atoms with Gasteiger partial charge < -0.3 is 19.9 Å². The number of nitrogens with one attached hydrogen (secondary N) is 2. The molecule has 0 spiro atoms. The van der Waals surface area contributed by atoms with E-state index in [9.17, 15) is 9.59 Å². The van der Waals surface area contributed by atoms with Gasteiger partial charge in [0.05, 0.1) is 12.8 Å². The molecule has 2 amide bonds. The molecule has 3 rings (SSSR count). The van der Waals surface area contributed by atoms with Crippen LogP contribution in [0.4, 0.5) is 11.4 Å². The molecule has 1 aromatic carbocycles. The summed E-state index contributed by atoms with van der Waals surface area (Å²) in [6.45, 7) is 1.40. The monoisotopic (exact) mass is 381 g/mol. The molecule has 0 aliphatic rings. The van der Waals surface area contributed by atoms with E-state index in [2.05, 4.69) is 25.8 Å². The van der Waals surface area contributed by atoms with Gasteiger partial charge in [0, 0.05) is 43.4 Å². The fraction of sp³-hybridized carbons (Fsp3) is 0.211. The predicted molar refractivity (Wildman–Crippen MR) is 102 cm³/mol. The van der Waals surface area contributed by atoms with Crippen LogP contribution < -0.4 is 15.4 Å². The lowest BCUT2D eigenvalue weighted by atomic mass is 10.2. The Balaban J connectivity index is 1.59. The zero-order valence-corrected chi connectivity index (χ0v) is 15.4. The van der Waals surface area contributed by atoms with Gasteiger partial charge in [0.25, 0.3) is 0 Å². The minimum Gasteiger partial charge on any atom is -0.495 e. The molecule has 0 fully saturated rings. The highest BCUT2D eigenvalue weighted by Gasteiger charge is 2.12. The summed E-state index contributed by atoms with van der Waals surface area (Å²) in [4.78, 5) is 31.7. The van der Waals surface area contributed by atoms with E-state index in [1.54, 1.807) is 42.7 Å². The maximum atomic E-state index is 12.2. The van der Waals surface area contributed by atoms with Crippen molar-refractivity contribution < 1.29 is 18.8 Å². The lowest BCUT2D eigenvalue weighted by Gasteiger charge is -2.11. The molecule has 0 saturated carbocycles. The standard InChI is InChI=1S/C19H19N5O4/c1-12(25)21-15-11-14(3-4-16(15)27-2)22-17(26)5-6-18-23-19(24-28-18)13-7-9-20-10-8-13/h3-4,7-11H,5-6H2,1-2H3,(H,21,25)(H,22,26). The van der Waals surface area contributed by atoms with E-state index in [4.69, 9.17) is 9.26 Å². The number of amides is 2. The van der Waals surface area contributed by atoms with E-state index in [1.807, 2.05) is 0 Å². The van der Waals surface area contributed by atoms with E-state index in [1.165, 1.54) is 14.0 Å². The molecule has 144 valence electrons. The highest BCUT2D eigenvalue weighted by Crippen LogP contribution is 2.28. The van der Waals surface area contributed by atoms with Gasteiger partial charge in [0.15, 0.2) is 0 Å². The third-order valence-electron chi connectivity index (χ3n) is 3.77. The van der Waals surface area contributed by atoms with E-state index in [0.29, 0.717) is 35.3 Å². The first-order chi connectivity index (χ1) is 13.5. The van der Waals surface area contributed by atoms with Crippen LogP contribution in [0.1, 0.15) is 19.2 Å². The Morgan fingerprint density at radius 2 is 1.93 bits per heavy atom. The number of ether oxygens (including phenoxy) is 1. The Morgan fingerprint density at radius 3 is 2.64 bits per heavy atom. The van der Waals surface area contributed by atoms with Gasteiger partial charge in [-0.1, -0.05) is 5.16 Å². The second kappa shape index (κ2) is 8.76. The van der Waals surface area contributed by atoms with E-state index < -0.39 is 0 Å². The second-order valence-electron chi connectivity index (χ2n) is 5.89. The van der Waals surface area contributed by atoms with Gasteiger partial charge in [-0.3, -0.25) is 14.6 Å². The summed E-state index contributed by atoms with van der Waals surface area (Å²) in [5.74, 6) is 0.872. The number of benzene rings is 1. The van der Waals surface area contributed by atoms with Crippen LogP contribution in [-0.4, -0.2) is 34.0 Å². The van der Waals surface area contributed by atoms with Crippen LogP contribution in [0.5, 0.6) is 5.75 Å². The summed E-state index contributed by atoms with van der Waals surface area (Å²) in [6, 6.07) is 8.54. The fourth-order valence-electron chi connectivity index (χ4n) is 2.49. The summed E-state index contributed by atoms with van der Waals surface area (Å²) in [5.41, 5.74) is 1.81. The lowest BCUT2D eigenvalue weighted by Crippen LogP contribution is -2.13. The van der Waals surface area contributed by atoms with Crippen LogP contribution in [-0.2, 0) is 16.0 Å². The number of nitrogens with zero attached hydrogens (tertiary/aromatic N) is 3. The number of carbonyl (C=O) groups is 2. The number of hydrogen-bond acceptors (Lipinski definition) is 7. The number of rotatable bonds is 7. The van der Waals surface area contributed by atoms with Crippen LogP contribution in [0.3, 0.4) is 0 Å². The van der Waals surface area contributed by atoms with Crippen molar-refractivity contribution in [2.45, 2.75) is 19.8 Å². The Kier molecular flexibility index (Phi) is 5.95. The number of anilines is 2. The normalized spacial score (nSPS) is 10.4. The Hall–Kier alpha value is -3.75. The van der Waals surface area contributed by atoms with Crippen LogP contribution in [0, 0.1) is 0 Å². The second-order valence-corrected chi connectivity index (χ2v) is 5.89. The molecule has 0 unspecified atom stereocenters. The first-order valence-corrected chi connectivity index (χ1v) is 8.53. The summed E-state index contributed by atoms with van der Waals surface area (Å²) in [6.07, 6.45) is 3.75. The van der Waals surface area contributed by atoms with Crippen molar-refractivity contribution in [2.24, 2.45) is 0 Å². The van der Waals surface area contributed by atoms with Crippen LogP contribution in [0.2, 0.25) is 0 Å². The van der Waals surface area contributed by atoms with Crippen molar-refractivity contribution in [3.63, 3.8) is 0 Å². The molecule has 0 saturated heterocycles. The summed E-state index contributed by atoms with van der Waals surface area (Å²) in [7, 11) is 1.50.